The fourth-order valence-corrected chi connectivity index (χ4v) is 1.98. The Morgan fingerprint density at radius 3 is 2.76 bits per heavy atom. The molecule has 5 nitrogen and oxygen atoms in total. The summed E-state index contributed by atoms with van der Waals surface area (Å²) >= 11 is 6.07. The van der Waals surface area contributed by atoms with E-state index in [1.165, 1.54) is 0 Å². The molecule has 1 aliphatic rings. The molecule has 6 heteroatoms. The van der Waals surface area contributed by atoms with Gasteiger partial charge in [0.25, 0.3) is 0 Å². The lowest BCUT2D eigenvalue weighted by molar-refractivity contribution is 0.173. The molecule has 3 rings (SSSR count). The molecule has 0 fully saturated rings. The van der Waals surface area contributed by atoms with Gasteiger partial charge in [0.2, 0.25) is 0 Å². The average molecular weight is 252 g/mol. The second-order valence-electron chi connectivity index (χ2n) is 3.61. The zero-order valence-electron chi connectivity index (χ0n) is 8.87. The molecular formula is C11H10ClN3O2. The lowest BCUT2D eigenvalue weighted by Gasteiger charge is -2.22. The first-order valence-corrected chi connectivity index (χ1v) is 5.52. The summed E-state index contributed by atoms with van der Waals surface area (Å²) in [6.45, 7) is 0.955. The Hall–Kier alpha value is -1.88. The van der Waals surface area contributed by atoms with Crippen molar-refractivity contribution in [3.8, 4) is 22.9 Å². The summed E-state index contributed by atoms with van der Waals surface area (Å²) in [4.78, 5) is 7.18. The molecule has 0 aliphatic carbocycles. The molecule has 0 bridgehead atoms. The van der Waals surface area contributed by atoms with E-state index in [2.05, 4.69) is 9.97 Å². The van der Waals surface area contributed by atoms with Crippen LogP contribution in [0.4, 0.5) is 5.69 Å². The number of rotatable bonds is 1. The fourth-order valence-electron chi connectivity index (χ4n) is 1.79. The number of hydrogen-bond donors (Lipinski definition) is 2. The molecule has 2 aromatic rings. The molecular weight excluding hydrogens is 242 g/mol. The minimum absolute atomic E-state index is 0.400. The molecule has 17 heavy (non-hydrogen) atoms. The first kappa shape index (κ1) is 10.3. The van der Waals surface area contributed by atoms with Gasteiger partial charge in [0.1, 0.15) is 19.0 Å². The first-order valence-electron chi connectivity index (χ1n) is 5.14. The number of aromatic amines is 1. The number of imidazole rings is 1. The number of H-pyrrole nitrogens is 1. The molecule has 1 aromatic carbocycles. The van der Waals surface area contributed by atoms with Gasteiger partial charge in [0.15, 0.2) is 11.5 Å². The van der Waals surface area contributed by atoms with Crippen LogP contribution in [0.15, 0.2) is 18.5 Å². The van der Waals surface area contributed by atoms with Crippen LogP contribution in [-0.2, 0) is 0 Å². The third-order valence-electron chi connectivity index (χ3n) is 2.55. The molecule has 0 saturated carbocycles. The number of nitrogen functional groups attached to an aromatic ring is 1. The number of nitrogens with zero attached hydrogens (tertiary/aromatic N) is 1. The maximum Gasteiger partial charge on any atom is 0.186 e. The predicted molar refractivity (Wildman–Crippen MR) is 64.4 cm³/mol. The van der Waals surface area contributed by atoms with Crippen molar-refractivity contribution in [2.75, 3.05) is 18.9 Å². The van der Waals surface area contributed by atoms with Gasteiger partial charge in [0.05, 0.1) is 16.3 Å². The lowest BCUT2D eigenvalue weighted by Crippen LogP contribution is -2.17. The summed E-state index contributed by atoms with van der Waals surface area (Å²) < 4.78 is 11.1. The fraction of sp³-hybridized carbons (Fsp3) is 0.182. The highest BCUT2D eigenvalue weighted by molar-refractivity contribution is 6.34. The van der Waals surface area contributed by atoms with Crippen LogP contribution in [0.3, 0.4) is 0 Å². The monoisotopic (exact) mass is 251 g/mol. The van der Waals surface area contributed by atoms with Crippen molar-refractivity contribution < 1.29 is 9.47 Å². The molecule has 0 amide bonds. The Morgan fingerprint density at radius 1 is 1.29 bits per heavy atom. The molecule has 2 heterocycles. The van der Waals surface area contributed by atoms with E-state index in [1.807, 2.05) is 0 Å². The number of benzene rings is 1. The first-order chi connectivity index (χ1) is 8.27. The summed E-state index contributed by atoms with van der Waals surface area (Å²) in [7, 11) is 0. The van der Waals surface area contributed by atoms with Crippen molar-refractivity contribution in [1.82, 2.24) is 9.97 Å². The van der Waals surface area contributed by atoms with Gasteiger partial charge in [0, 0.05) is 12.4 Å². The number of aromatic nitrogens is 2. The Morgan fingerprint density at radius 2 is 2.06 bits per heavy atom. The summed E-state index contributed by atoms with van der Waals surface area (Å²) in [5.74, 6) is 1.76. The number of hydrogen-bond acceptors (Lipinski definition) is 4. The zero-order chi connectivity index (χ0) is 11.8. The Bertz CT molecular complexity index is 554. The van der Waals surface area contributed by atoms with Gasteiger partial charge >= 0.3 is 0 Å². The van der Waals surface area contributed by atoms with E-state index in [9.17, 15) is 0 Å². The van der Waals surface area contributed by atoms with Crippen molar-refractivity contribution in [3.63, 3.8) is 0 Å². The largest absolute Gasteiger partial charge is 0.485 e. The number of anilines is 1. The quantitative estimate of drug-likeness (QED) is 0.761. The van der Waals surface area contributed by atoms with Gasteiger partial charge in [-0.1, -0.05) is 11.6 Å². The molecule has 0 atom stereocenters. The highest BCUT2D eigenvalue weighted by atomic mass is 35.5. The van der Waals surface area contributed by atoms with Gasteiger partial charge in [-0.25, -0.2) is 4.98 Å². The maximum absolute atomic E-state index is 6.07. The van der Waals surface area contributed by atoms with Crippen molar-refractivity contribution in [1.29, 1.82) is 0 Å². The second-order valence-corrected chi connectivity index (χ2v) is 4.02. The van der Waals surface area contributed by atoms with Gasteiger partial charge in [-0.15, -0.1) is 0 Å². The third-order valence-corrected chi connectivity index (χ3v) is 2.87. The Balaban J connectivity index is 2.25. The van der Waals surface area contributed by atoms with E-state index in [0.717, 1.165) is 5.56 Å². The molecule has 0 radical (unpaired) electrons. The van der Waals surface area contributed by atoms with Gasteiger partial charge < -0.3 is 20.2 Å². The van der Waals surface area contributed by atoms with Crippen LogP contribution in [0.1, 0.15) is 0 Å². The summed E-state index contributed by atoms with van der Waals surface area (Å²) in [6.07, 6.45) is 3.39. The highest BCUT2D eigenvalue weighted by Crippen LogP contribution is 2.46. The predicted octanol–water partition coefficient (Wildman–Crippen LogP) is 2.08. The van der Waals surface area contributed by atoms with Gasteiger partial charge in [-0.2, -0.15) is 0 Å². The number of nitrogens with two attached hydrogens (primary N) is 1. The molecule has 3 N–H and O–H groups in total. The third kappa shape index (κ3) is 1.59. The molecule has 1 aliphatic heterocycles. The van der Waals surface area contributed by atoms with Crippen molar-refractivity contribution >= 4 is 17.3 Å². The smallest absolute Gasteiger partial charge is 0.186 e. The zero-order valence-corrected chi connectivity index (χ0v) is 9.62. The minimum atomic E-state index is 0.400. The maximum atomic E-state index is 6.07. The standard InChI is InChI=1S/C11H10ClN3O2/c12-7-5-6(11-14-1-2-15-11)9-10(8(7)13)17-4-3-16-9/h1-2,5H,3-4,13H2,(H,14,15). The molecule has 0 unspecified atom stereocenters. The van der Waals surface area contributed by atoms with Crippen molar-refractivity contribution in [2.45, 2.75) is 0 Å². The van der Waals surface area contributed by atoms with Crippen LogP contribution in [0, 0.1) is 0 Å². The van der Waals surface area contributed by atoms with Gasteiger partial charge in [-0.05, 0) is 6.07 Å². The van der Waals surface area contributed by atoms with E-state index in [4.69, 9.17) is 26.8 Å². The average Bonchev–Trinajstić information content (AvgIpc) is 2.87. The lowest BCUT2D eigenvalue weighted by atomic mass is 10.1. The van der Waals surface area contributed by atoms with Crippen LogP contribution >= 0.6 is 11.6 Å². The number of nitrogens with one attached hydrogen (secondary N) is 1. The van der Waals surface area contributed by atoms with Crippen LogP contribution in [-0.4, -0.2) is 23.2 Å². The molecule has 0 saturated heterocycles. The minimum Gasteiger partial charge on any atom is -0.485 e. The number of halogens is 1. The van der Waals surface area contributed by atoms with E-state index in [0.29, 0.717) is 41.2 Å². The topological polar surface area (TPSA) is 73.2 Å². The summed E-state index contributed by atoms with van der Waals surface area (Å²) in [5, 5.41) is 0.431. The summed E-state index contributed by atoms with van der Waals surface area (Å²) in [5.41, 5.74) is 7.01. The number of ether oxygens (including phenoxy) is 2. The van der Waals surface area contributed by atoms with Crippen LogP contribution in [0.5, 0.6) is 11.5 Å². The second kappa shape index (κ2) is 3.85. The van der Waals surface area contributed by atoms with Crippen LogP contribution in [0.2, 0.25) is 5.02 Å². The van der Waals surface area contributed by atoms with Crippen molar-refractivity contribution in [2.24, 2.45) is 0 Å². The van der Waals surface area contributed by atoms with Crippen LogP contribution < -0.4 is 15.2 Å². The van der Waals surface area contributed by atoms with Crippen LogP contribution in [0.25, 0.3) is 11.4 Å². The van der Waals surface area contributed by atoms with Crippen molar-refractivity contribution in [3.05, 3.63) is 23.5 Å². The summed E-state index contributed by atoms with van der Waals surface area (Å²) in [6, 6.07) is 1.73. The SMILES string of the molecule is Nc1c(Cl)cc(-c2ncc[nH]2)c2c1OCCO2. The molecule has 0 spiro atoms. The Kier molecular flexibility index (Phi) is 2.33. The van der Waals surface area contributed by atoms with E-state index < -0.39 is 0 Å². The van der Waals surface area contributed by atoms with E-state index in [-0.39, 0.29) is 0 Å². The molecule has 88 valence electrons. The normalized spacial score (nSPS) is 13.7. The van der Waals surface area contributed by atoms with E-state index in [1.54, 1.807) is 18.5 Å². The Labute approximate surface area is 103 Å². The highest BCUT2D eigenvalue weighted by Gasteiger charge is 2.23. The molecule has 1 aromatic heterocycles. The van der Waals surface area contributed by atoms with E-state index >= 15 is 0 Å². The number of fused-ring (bicyclic) bond motifs is 1. The van der Waals surface area contributed by atoms with Gasteiger partial charge in [-0.3, -0.25) is 0 Å².